The summed E-state index contributed by atoms with van der Waals surface area (Å²) in [5, 5.41) is 27.1. The number of carbonyl (C=O) groups excluding carboxylic acids is 1. The Morgan fingerprint density at radius 3 is 2.71 bits per heavy atom. The number of fused-ring (bicyclic) bond motifs is 1. The highest BCUT2D eigenvalue weighted by Crippen LogP contribution is 2.28. The van der Waals surface area contributed by atoms with Crippen molar-refractivity contribution in [1.82, 2.24) is 34.6 Å². The Morgan fingerprint density at radius 2 is 2.00 bits per heavy atom. The summed E-state index contributed by atoms with van der Waals surface area (Å²) in [6.45, 7) is 3.71. The predicted molar refractivity (Wildman–Crippen MR) is 110 cm³/mol. The van der Waals surface area contributed by atoms with E-state index in [1.807, 2.05) is 19.9 Å². The quantitative estimate of drug-likeness (QED) is 0.501. The van der Waals surface area contributed by atoms with Crippen molar-refractivity contribution in [2.45, 2.75) is 20.0 Å². The van der Waals surface area contributed by atoms with Gasteiger partial charge in [0.2, 0.25) is 0 Å². The monoisotopic (exact) mass is 418 g/mol. The van der Waals surface area contributed by atoms with Gasteiger partial charge in [-0.25, -0.2) is 19.3 Å². The third-order valence-electron chi connectivity index (χ3n) is 4.51. The first-order valence-corrected chi connectivity index (χ1v) is 9.22. The van der Waals surface area contributed by atoms with Gasteiger partial charge in [-0.2, -0.15) is 20.6 Å². The molecule has 4 aromatic heterocycles. The molecule has 156 valence electrons. The number of imidazole rings is 1. The van der Waals surface area contributed by atoms with Gasteiger partial charge in [-0.05, 0) is 19.9 Å². The van der Waals surface area contributed by atoms with E-state index in [2.05, 4.69) is 35.9 Å². The fourth-order valence-corrected chi connectivity index (χ4v) is 3.06. The molecule has 12 nitrogen and oxygen atoms in total. The lowest BCUT2D eigenvalue weighted by Crippen LogP contribution is -2.22. The number of urea groups is 1. The van der Waals surface area contributed by atoms with E-state index >= 15 is 0 Å². The molecule has 0 bridgehead atoms. The number of methoxy groups -OCH3 is 1. The average molecular weight is 418 g/mol. The molecule has 0 aliphatic heterocycles. The van der Waals surface area contributed by atoms with E-state index in [4.69, 9.17) is 4.74 Å². The number of aryl methyl sites for hydroxylation is 1. The summed E-state index contributed by atoms with van der Waals surface area (Å²) >= 11 is 0. The Balaban J connectivity index is 1.59. The maximum atomic E-state index is 12.6. The van der Waals surface area contributed by atoms with Crippen LogP contribution in [0, 0.1) is 18.3 Å². The second-order valence-electron chi connectivity index (χ2n) is 6.60. The lowest BCUT2D eigenvalue weighted by Gasteiger charge is -2.16. The van der Waals surface area contributed by atoms with Crippen LogP contribution in [0.4, 0.5) is 16.2 Å². The number of carbonyl (C=O) groups is 1. The number of hydrogen-bond acceptors (Lipinski definition) is 8. The lowest BCUT2D eigenvalue weighted by atomic mass is 10.1. The second kappa shape index (κ2) is 8.17. The van der Waals surface area contributed by atoms with Crippen LogP contribution in [-0.4, -0.2) is 47.7 Å². The molecule has 0 radical (unpaired) electrons. The zero-order valence-electron chi connectivity index (χ0n) is 16.9. The molecule has 2 N–H and O–H groups in total. The lowest BCUT2D eigenvalue weighted by molar-refractivity contribution is 0.120. The Hall–Kier alpha value is -4.37. The number of rotatable bonds is 5. The molecule has 4 aromatic rings. The highest BCUT2D eigenvalue weighted by molar-refractivity contribution is 6.00. The molecule has 1 atom stereocenters. The number of nitriles is 1. The predicted octanol–water partition coefficient (Wildman–Crippen LogP) is 2.24. The fourth-order valence-electron chi connectivity index (χ4n) is 3.06. The minimum absolute atomic E-state index is 0.207. The van der Waals surface area contributed by atoms with Gasteiger partial charge in [-0.15, -0.1) is 4.80 Å². The second-order valence-corrected chi connectivity index (χ2v) is 6.60. The minimum atomic E-state index is -0.533. The molecule has 0 aliphatic rings. The normalized spacial score (nSPS) is 11.8. The molecule has 4 rings (SSSR count). The van der Waals surface area contributed by atoms with E-state index < -0.39 is 6.03 Å². The van der Waals surface area contributed by atoms with Crippen molar-refractivity contribution in [2.24, 2.45) is 0 Å². The summed E-state index contributed by atoms with van der Waals surface area (Å²) < 4.78 is 7.09. The van der Waals surface area contributed by atoms with Gasteiger partial charge in [-0.3, -0.25) is 0 Å². The van der Waals surface area contributed by atoms with Crippen molar-refractivity contribution in [2.75, 3.05) is 17.7 Å². The molecule has 0 fully saturated rings. The number of nitrogens with zero attached hydrogens (tertiary/aromatic N) is 8. The molecule has 31 heavy (non-hydrogen) atoms. The SMILES string of the molecule is CO[C@@H](C)c1c(NC(=O)Nc2cnc(-n3nccn3)c(C#N)c2)cnn2cc(C)nc12. The van der Waals surface area contributed by atoms with Crippen LogP contribution in [0.1, 0.15) is 29.8 Å². The summed E-state index contributed by atoms with van der Waals surface area (Å²) in [5.74, 6) is 0.263. The molecule has 0 unspecified atom stereocenters. The van der Waals surface area contributed by atoms with E-state index in [0.717, 1.165) is 5.69 Å². The maximum absolute atomic E-state index is 12.6. The van der Waals surface area contributed by atoms with Crippen LogP contribution in [0.3, 0.4) is 0 Å². The number of anilines is 2. The molecule has 0 spiro atoms. The Labute approximate surface area is 176 Å². The number of hydrogen-bond donors (Lipinski definition) is 2. The molecular weight excluding hydrogens is 400 g/mol. The first kappa shape index (κ1) is 19.9. The number of nitrogens with one attached hydrogen (secondary N) is 2. The van der Waals surface area contributed by atoms with E-state index in [1.54, 1.807) is 17.8 Å². The Kier molecular flexibility index (Phi) is 5.25. The zero-order chi connectivity index (χ0) is 22.0. The third-order valence-corrected chi connectivity index (χ3v) is 4.51. The molecule has 4 heterocycles. The van der Waals surface area contributed by atoms with Gasteiger partial charge in [0.15, 0.2) is 11.5 Å². The highest BCUT2D eigenvalue weighted by Gasteiger charge is 2.19. The van der Waals surface area contributed by atoms with Gasteiger partial charge in [0.05, 0.1) is 59.7 Å². The number of ether oxygens (including phenoxy) is 1. The van der Waals surface area contributed by atoms with Crippen LogP contribution in [-0.2, 0) is 4.74 Å². The number of pyridine rings is 1. The highest BCUT2D eigenvalue weighted by atomic mass is 16.5. The van der Waals surface area contributed by atoms with Crippen molar-refractivity contribution >= 4 is 23.1 Å². The van der Waals surface area contributed by atoms with Crippen molar-refractivity contribution in [3.63, 3.8) is 0 Å². The standard InChI is InChI=1S/C19H18N10O2/c1-11-10-28-18(25-11)16(12(2)31-3)15(9-24-28)27-19(30)26-14-6-13(7-20)17(21-8-14)29-22-4-5-23-29/h4-6,8-10,12H,1-3H3,(H2,26,27,30)/t12-/m0/s1. The van der Waals surface area contributed by atoms with Crippen molar-refractivity contribution in [1.29, 1.82) is 5.26 Å². The Morgan fingerprint density at radius 1 is 1.23 bits per heavy atom. The summed E-state index contributed by atoms with van der Waals surface area (Å²) in [5.41, 5.74) is 3.07. The van der Waals surface area contributed by atoms with Crippen molar-refractivity contribution in [3.05, 3.63) is 53.9 Å². The smallest absolute Gasteiger partial charge is 0.323 e. The Bertz CT molecular complexity index is 1290. The molecule has 0 saturated heterocycles. The van der Waals surface area contributed by atoms with Gasteiger partial charge in [-0.1, -0.05) is 0 Å². The van der Waals surface area contributed by atoms with E-state index in [-0.39, 0.29) is 17.5 Å². The van der Waals surface area contributed by atoms with Gasteiger partial charge in [0.1, 0.15) is 11.6 Å². The summed E-state index contributed by atoms with van der Waals surface area (Å²) in [6.07, 6.45) is 7.35. The van der Waals surface area contributed by atoms with Crippen LogP contribution in [0.2, 0.25) is 0 Å². The van der Waals surface area contributed by atoms with Crippen LogP contribution >= 0.6 is 0 Å². The molecule has 2 amide bonds. The van der Waals surface area contributed by atoms with Gasteiger partial charge < -0.3 is 15.4 Å². The molecule has 0 aliphatic carbocycles. The number of amides is 2. The summed E-state index contributed by atoms with van der Waals surface area (Å²) in [7, 11) is 1.58. The van der Waals surface area contributed by atoms with Crippen LogP contribution < -0.4 is 10.6 Å². The topological polar surface area (TPSA) is 148 Å². The largest absolute Gasteiger partial charge is 0.377 e. The van der Waals surface area contributed by atoms with E-state index in [1.165, 1.54) is 35.7 Å². The maximum Gasteiger partial charge on any atom is 0.323 e. The first-order chi connectivity index (χ1) is 15.0. The van der Waals surface area contributed by atoms with Crippen LogP contribution in [0.25, 0.3) is 11.5 Å². The minimum Gasteiger partial charge on any atom is -0.377 e. The molecule has 0 aromatic carbocycles. The summed E-state index contributed by atoms with van der Waals surface area (Å²) in [4.78, 5) is 22.5. The summed E-state index contributed by atoms with van der Waals surface area (Å²) in [6, 6.07) is 2.99. The van der Waals surface area contributed by atoms with Crippen molar-refractivity contribution < 1.29 is 9.53 Å². The van der Waals surface area contributed by atoms with Crippen LogP contribution in [0.5, 0.6) is 0 Å². The van der Waals surface area contributed by atoms with Gasteiger partial charge in [0.25, 0.3) is 0 Å². The fraction of sp³-hybridized carbons (Fsp3) is 0.211. The number of aromatic nitrogens is 7. The zero-order valence-corrected chi connectivity index (χ0v) is 16.9. The van der Waals surface area contributed by atoms with E-state index in [9.17, 15) is 10.1 Å². The first-order valence-electron chi connectivity index (χ1n) is 9.22. The van der Waals surface area contributed by atoms with E-state index in [0.29, 0.717) is 22.6 Å². The molecule has 12 heteroatoms. The average Bonchev–Trinajstić information content (AvgIpc) is 3.42. The van der Waals surface area contributed by atoms with Crippen molar-refractivity contribution in [3.8, 4) is 11.9 Å². The van der Waals surface area contributed by atoms with Gasteiger partial charge >= 0.3 is 6.03 Å². The van der Waals surface area contributed by atoms with Gasteiger partial charge in [0, 0.05) is 7.11 Å². The van der Waals surface area contributed by atoms with Crippen LogP contribution in [0.15, 0.2) is 37.1 Å². The molecular formula is C19H18N10O2. The molecule has 0 saturated carbocycles. The third kappa shape index (κ3) is 3.89.